The minimum Gasteiger partial charge on any atom is -0.325 e. The Labute approximate surface area is 165 Å². The molecule has 4 aromatic heterocycles. The van der Waals surface area contributed by atoms with Gasteiger partial charge in [0, 0.05) is 37.2 Å². The Morgan fingerprint density at radius 2 is 2.11 bits per heavy atom. The van der Waals surface area contributed by atoms with E-state index in [1.165, 1.54) is 0 Å². The van der Waals surface area contributed by atoms with Crippen LogP contribution in [0.25, 0.3) is 16.9 Å². The van der Waals surface area contributed by atoms with Crippen LogP contribution in [-0.4, -0.2) is 46.7 Å². The van der Waals surface area contributed by atoms with Crippen LogP contribution in [0.3, 0.4) is 0 Å². The van der Waals surface area contributed by atoms with E-state index in [2.05, 4.69) is 24.8 Å². The molecular weight excluding hydrogens is 378 g/mol. The van der Waals surface area contributed by atoms with Crippen LogP contribution in [-0.2, 0) is 6.54 Å². The minimum absolute atomic E-state index is 0.135. The maximum Gasteiger partial charge on any atom is 0.275 e. The number of hydrogen-bond donors (Lipinski definition) is 0. The van der Waals surface area contributed by atoms with E-state index in [0.717, 1.165) is 22.7 Å². The van der Waals surface area contributed by atoms with Crippen molar-refractivity contribution in [2.75, 3.05) is 6.54 Å². The summed E-state index contributed by atoms with van der Waals surface area (Å²) in [6, 6.07) is 8.99. The van der Waals surface area contributed by atoms with Gasteiger partial charge in [-0.25, -0.2) is 4.52 Å². The van der Waals surface area contributed by atoms with Crippen molar-refractivity contribution in [3.8, 4) is 11.4 Å². The molecule has 0 saturated heterocycles. The standard InChI is InChI=1S/C19H16ClN7O/c1-12-17-22-23-18(13-3-2-6-21-10-13)26(17)8-7-25(12)19(28)16-9-15-5-4-14(20)11-27(15)24-16/h2-6,9-12H,7-8H2,1H3. The number of aromatic nitrogens is 6. The fraction of sp³-hybridized carbons (Fsp3) is 0.211. The van der Waals surface area contributed by atoms with Crippen molar-refractivity contribution >= 4 is 23.0 Å². The van der Waals surface area contributed by atoms with E-state index in [1.807, 2.05) is 25.1 Å². The van der Waals surface area contributed by atoms with Crippen LogP contribution in [0.15, 0.2) is 48.9 Å². The molecule has 0 aliphatic carbocycles. The summed E-state index contributed by atoms with van der Waals surface area (Å²) in [4.78, 5) is 19.0. The van der Waals surface area contributed by atoms with Crippen LogP contribution in [0.4, 0.5) is 0 Å². The molecule has 1 amide bonds. The second-order valence-electron chi connectivity index (χ2n) is 6.70. The van der Waals surface area contributed by atoms with Crippen molar-refractivity contribution in [2.45, 2.75) is 19.5 Å². The summed E-state index contributed by atoms with van der Waals surface area (Å²) >= 11 is 6.01. The third-order valence-electron chi connectivity index (χ3n) is 5.01. The SMILES string of the molecule is CC1c2nnc(-c3cccnc3)n2CCN1C(=O)c1cc2ccc(Cl)cn2n1. The summed E-state index contributed by atoms with van der Waals surface area (Å²) in [6.07, 6.45) is 5.17. The zero-order valence-electron chi connectivity index (χ0n) is 15.0. The molecule has 1 unspecified atom stereocenters. The number of carbonyl (C=O) groups is 1. The van der Waals surface area contributed by atoms with Gasteiger partial charge in [0.15, 0.2) is 17.3 Å². The normalized spacial score (nSPS) is 16.4. The van der Waals surface area contributed by atoms with Crippen LogP contribution in [0.1, 0.15) is 29.3 Å². The summed E-state index contributed by atoms with van der Waals surface area (Å²) in [7, 11) is 0. The second kappa shape index (κ2) is 6.42. The fourth-order valence-electron chi connectivity index (χ4n) is 3.58. The number of amides is 1. The molecular formula is C19H16ClN7O. The van der Waals surface area contributed by atoms with Crippen molar-refractivity contribution in [2.24, 2.45) is 0 Å². The Morgan fingerprint density at radius 3 is 2.93 bits per heavy atom. The molecule has 1 aliphatic heterocycles. The van der Waals surface area contributed by atoms with Gasteiger partial charge in [0.05, 0.1) is 16.6 Å². The van der Waals surface area contributed by atoms with Crippen LogP contribution in [0.5, 0.6) is 0 Å². The van der Waals surface area contributed by atoms with E-state index in [1.54, 1.807) is 40.1 Å². The van der Waals surface area contributed by atoms with E-state index in [-0.39, 0.29) is 11.9 Å². The van der Waals surface area contributed by atoms with Gasteiger partial charge in [-0.05, 0) is 37.3 Å². The topological polar surface area (TPSA) is 81.2 Å². The van der Waals surface area contributed by atoms with Gasteiger partial charge in [-0.1, -0.05) is 11.6 Å². The smallest absolute Gasteiger partial charge is 0.275 e. The molecule has 1 atom stereocenters. The largest absolute Gasteiger partial charge is 0.325 e. The van der Waals surface area contributed by atoms with Gasteiger partial charge < -0.3 is 9.47 Å². The van der Waals surface area contributed by atoms with Gasteiger partial charge in [-0.15, -0.1) is 10.2 Å². The molecule has 9 heteroatoms. The summed E-state index contributed by atoms with van der Waals surface area (Å²) < 4.78 is 3.67. The molecule has 8 nitrogen and oxygen atoms in total. The Bertz CT molecular complexity index is 1180. The first kappa shape index (κ1) is 16.9. The third kappa shape index (κ3) is 2.65. The molecule has 0 spiro atoms. The number of halogens is 1. The summed E-state index contributed by atoms with van der Waals surface area (Å²) in [5.41, 5.74) is 2.11. The predicted octanol–water partition coefficient (Wildman–Crippen LogP) is 2.86. The van der Waals surface area contributed by atoms with Crippen molar-refractivity contribution in [1.82, 2.24) is 34.3 Å². The number of nitrogens with zero attached hydrogens (tertiary/aromatic N) is 7. The monoisotopic (exact) mass is 393 g/mol. The lowest BCUT2D eigenvalue weighted by Crippen LogP contribution is -2.41. The highest BCUT2D eigenvalue weighted by atomic mass is 35.5. The molecule has 28 heavy (non-hydrogen) atoms. The second-order valence-corrected chi connectivity index (χ2v) is 7.13. The van der Waals surface area contributed by atoms with Crippen molar-refractivity contribution < 1.29 is 4.79 Å². The van der Waals surface area contributed by atoms with E-state index < -0.39 is 0 Å². The maximum absolute atomic E-state index is 13.1. The molecule has 0 bridgehead atoms. The Balaban J connectivity index is 1.46. The van der Waals surface area contributed by atoms with Gasteiger partial charge in [0.25, 0.3) is 5.91 Å². The molecule has 1 aliphatic rings. The average molecular weight is 394 g/mol. The first-order valence-electron chi connectivity index (χ1n) is 8.91. The van der Waals surface area contributed by atoms with Crippen LogP contribution < -0.4 is 0 Å². The average Bonchev–Trinajstić information content (AvgIpc) is 3.32. The lowest BCUT2D eigenvalue weighted by molar-refractivity contribution is 0.0632. The van der Waals surface area contributed by atoms with Gasteiger partial charge in [-0.3, -0.25) is 9.78 Å². The molecule has 0 saturated carbocycles. The minimum atomic E-state index is -0.215. The highest BCUT2D eigenvalue weighted by Crippen LogP contribution is 2.29. The van der Waals surface area contributed by atoms with E-state index >= 15 is 0 Å². The Hall–Kier alpha value is -3.26. The van der Waals surface area contributed by atoms with Crippen molar-refractivity contribution in [1.29, 1.82) is 0 Å². The highest BCUT2D eigenvalue weighted by Gasteiger charge is 2.33. The van der Waals surface area contributed by atoms with Gasteiger partial charge in [0.2, 0.25) is 0 Å². The Morgan fingerprint density at radius 1 is 1.21 bits per heavy atom. The van der Waals surface area contributed by atoms with Gasteiger partial charge >= 0.3 is 0 Å². The number of rotatable bonds is 2. The van der Waals surface area contributed by atoms with E-state index in [9.17, 15) is 4.79 Å². The molecule has 4 aromatic rings. The molecule has 140 valence electrons. The molecule has 0 aromatic carbocycles. The Kier molecular flexibility index (Phi) is 3.87. The molecule has 5 rings (SSSR count). The third-order valence-corrected chi connectivity index (χ3v) is 5.23. The van der Waals surface area contributed by atoms with Crippen molar-refractivity contribution in [3.63, 3.8) is 0 Å². The lowest BCUT2D eigenvalue weighted by Gasteiger charge is -2.33. The van der Waals surface area contributed by atoms with Crippen LogP contribution in [0, 0.1) is 0 Å². The van der Waals surface area contributed by atoms with Gasteiger partial charge in [-0.2, -0.15) is 5.10 Å². The first-order chi connectivity index (χ1) is 13.6. The zero-order valence-corrected chi connectivity index (χ0v) is 15.8. The fourth-order valence-corrected chi connectivity index (χ4v) is 3.74. The van der Waals surface area contributed by atoms with Crippen molar-refractivity contribution in [3.05, 3.63) is 65.5 Å². The van der Waals surface area contributed by atoms with Gasteiger partial charge in [0.1, 0.15) is 0 Å². The first-order valence-corrected chi connectivity index (χ1v) is 9.29. The summed E-state index contributed by atoms with van der Waals surface area (Å²) in [6.45, 7) is 3.12. The highest BCUT2D eigenvalue weighted by molar-refractivity contribution is 6.30. The van der Waals surface area contributed by atoms with Crippen LogP contribution >= 0.6 is 11.6 Å². The molecule has 5 heterocycles. The predicted molar refractivity (Wildman–Crippen MR) is 103 cm³/mol. The molecule has 0 radical (unpaired) electrons. The maximum atomic E-state index is 13.1. The summed E-state index contributed by atoms with van der Waals surface area (Å²) in [5.74, 6) is 1.39. The molecule has 0 N–H and O–H groups in total. The lowest BCUT2D eigenvalue weighted by atomic mass is 10.1. The number of fused-ring (bicyclic) bond motifs is 2. The zero-order chi connectivity index (χ0) is 19.3. The summed E-state index contributed by atoms with van der Waals surface area (Å²) in [5, 5.41) is 13.6. The molecule has 0 fully saturated rings. The van der Waals surface area contributed by atoms with Crippen LogP contribution in [0.2, 0.25) is 5.02 Å². The quantitative estimate of drug-likeness (QED) is 0.523. The van der Waals surface area contributed by atoms with E-state index in [4.69, 9.17) is 11.6 Å². The van der Waals surface area contributed by atoms with E-state index in [0.29, 0.717) is 23.8 Å². The number of hydrogen-bond acceptors (Lipinski definition) is 5. The number of carbonyl (C=O) groups excluding carboxylic acids is 1. The number of pyridine rings is 2.